The summed E-state index contributed by atoms with van der Waals surface area (Å²) in [4.78, 5) is 0. The van der Waals surface area contributed by atoms with Gasteiger partial charge in [-0.25, -0.2) is 0 Å². The van der Waals surface area contributed by atoms with Crippen molar-refractivity contribution in [3.05, 3.63) is 23.8 Å². The monoisotopic (exact) mass is 274 g/mol. The Labute approximate surface area is 76.3 Å². The van der Waals surface area contributed by atoms with Crippen molar-refractivity contribution in [2.24, 2.45) is 0 Å². The summed E-state index contributed by atoms with van der Waals surface area (Å²) >= 11 is 2.10. The molecule has 0 aromatic heterocycles. The maximum atomic E-state index is 11.9. The Bertz CT molecular complexity index is 202. The molecule has 0 fully saturated rings. The van der Waals surface area contributed by atoms with Crippen LogP contribution in [0.3, 0.4) is 0 Å². The van der Waals surface area contributed by atoms with E-state index in [2.05, 4.69) is 22.6 Å². The first-order valence-corrected chi connectivity index (χ1v) is 4.34. The molecule has 0 saturated heterocycles. The van der Waals surface area contributed by atoms with Crippen LogP contribution in [0, 0.1) is 0 Å². The highest BCUT2D eigenvalue weighted by molar-refractivity contribution is 14.1. The van der Waals surface area contributed by atoms with Gasteiger partial charge in [0.2, 0.25) is 0 Å². The number of allylic oxidation sites excluding steroid dienone is 4. The van der Waals surface area contributed by atoms with Crippen molar-refractivity contribution in [2.75, 3.05) is 0 Å². The van der Waals surface area contributed by atoms with E-state index in [1.807, 2.05) is 0 Å². The Kier molecular flexibility index (Phi) is 2.61. The maximum Gasteiger partial charge on any atom is 0.416 e. The number of hydrogen-bond donors (Lipinski definition) is 0. The Morgan fingerprint density at radius 1 is 1.45 bits per heavy atom. The van der Waals surface area contributed by atoms with Gasteiger partial charge >= 0.3 is 6.18 Å². The van der Waals surface area contributed by atoms with E-state index >= 15 is 0 Å². The highest BCUT2D eigenvalue weighted by atomic mass is 127. The first kappa shape index (κ1) is 9.09. The summed E-state index contributed by atoms with van der Waals surface area (Å²) < 4.78 is 36.0. The minimum Gasteiger partial charge on any atom is -0.166 e. The van der Waals surface area contributed by atoms with Gasteiger partial charge in [-0.3, -0.25) is 0 Å². The van der Waals surface area contributed by atoms with E-state index in [1.165, 1.54) is 6.08 Å². The molecule has 1 rings (SSSR count). The predicted molar refractivity (Wildman–Crippen MR) is 45.7 cm³/mol. The Hall–Kier alpha value is -0.0000000000000000555. The third kappa shape index (κ3) is 2.50. The van der Waals surface area contributed by atoms with Gasteiger partial charge < -0.3 is 0 Å². The van der Waals surface area contributed by atoms with Crippen molar-refractivity contribution in [3.8, 4) is 0 Å². The van der Waals surface area contributed by atoms with E-state index < -0.39 is 11.7 Å². The summed E-state index contributed by atoms with van der Waals surface area (Å²) in [6.45, 7) is 0. The van der Waals surface area contributed by atoms with Gasteiger partial charge in [0.15, 0.2) is 0 Å². The zero-order chi connectivity index (χ0) is 8.48. The van der Waals surface area contributed by atoms with E-state index in [-0.39, 0.29) is 3.92 Å². The topological polar surface area (TPSA) is 0 Å². The molecule has 0 radical (unpaired) electrons. The Balaban J connectivity index is 2.71. The van der Waals surface area contributed by atoms with Crippen LogP contribution in [-0.2, 0) is 0 Å². The molecule has 0 aliphatic heterocycles. The molecule has 0 aromatic rings. The van der Waals surface area contributed by atoms with Gasteiger partial charge in [0, 0.05) is 3.92 Å². The van der Waals surface area contributed by atoms with Gasteiger partial charge in [-0.2, -0.15) is 13.2 Å². The second-order valence-corrected chi connectivity index (χ2v) is 3.87. The second kappa shape index (κ2) is 3.16. The summed E-state index contributed by atoms with van der Waals surface area (Å²) in [7, 11) is 0. The lowest BCUT2D eigenvalue weighted by molar-refractivity contribution is -0.0885. The summed E-state index contributed by atoms with van der Waals surface area (Å²) in [5.41, 5.74) is -0.523. The molecule has 0 aromatic carbocycles. The minimum atomic E-state index is -4.17. The maximum absolute atomic E-state index is 11.9. The molecule has 11 heavy (non-hydrogen) atoms. The first-order valence-electron chi connectivity index (χ1n) is 3.10. The minimum absolute atomic E-state index is 0.207. The third-order valence-corrected chi connectivity index (χ3v) is 2.30. The highest BCUT2D eigenvalue weighted by Gasteiger charge is 2.32. The van der Waals surface area contributed by atoms with Crippen LogP contribution in [0.1, 0.15) is 6.42 Å². The normalized spacial score (nSPS) is 25.1. The van der Waals surface area contributed by atoms with E-state index in [0.717, 1.165) is 6.08 Å². The summed E-state index contributed by atoms with van der Waals surface area (Å²) in [5, 5.41) is 0. The van der Waals surface area contributed by atoms with Crippen LogP contribution in [0.5, 0.6) is 0 Å². The molecule has 1 atom stereocenters. The molecule has 0 heterocycles. The Morgan fingerprint density at radius 2 is 2.09 bits per heavy atom. The van der Waals surface area contributed by atoms with E-state index in [9.17, 15) is 13.2 Å². The molecule has 62 valence electrons. The smallest absolute Gasteiger partial charge is 0.166 e. The summed E-state index contributed by atoms with van der Waals surface area (Å²) in [5.74, 6) is 0. The summed E-state index contributed by atoms with van der Waals surface area (Å²) in [6.07, 6.45) is 0.250. The van der Waals surface area contributed by atoms with Crippen LogP contribution in [0.2, 0.25) is 0 Å². The van der Waals surface area contributed by atoms with Crippen LogP contribution in [0.25, 0.3) is 0 Å². The first-order chi connectivity index (χ1) is 5.00. The number of rotatable bonds is 0. The standard InChI is InChI=1S/C7H6F3I/c8-7(9,10)5-1-3-6(11)4-2-5/h1-3,6H,4H2. The van der Waals surface area contributed by atoms with Crippen molar-refractivity contribution in [1.82, 2.24) is 0 Å². The molecular weight excluding hydrogens is 268 g/mol. The van der Waals surface area contributed by atoms with Crippen molar-refractivity contribution < 1.29 is 13.2 Å². The van der Waals surface area contributed by atoms with Crippen LogP contribution in [0.4, 0.5) is 13.2 Å². The van der Waals surface area contributed by atoms with E-state index in [1.54, 1.807) is 6.08 Å². The van der Waals surface area contributed by atoms with Gasteiger partial charge in [0.1, 0.15) is 0 Å². The summed E-state index contributed by atoms with van der Waals surface area (Å²) in [6, 6.07) is 0. The molecule has 1 unspecified atom stereocenters. The van der Waals surface area contributed by atoms with E-state index in [4.69, 9.17) is 0 Å². The van der Waals surface area contributed by atoms with Crippen molar-refractivity contribution in [2.45, 2.75) is 16.5 Å². The second-order valence-electron chi connectivity index (χ2n) is 2.27. The molecule has 0 nitrogen and oxygen atoms in total. The third-order valence-electron chi connectivity index (χ3n) is 1.37. The molecule has 0 amide bonds. The highest BCUT2D eigenvalue weighted by Crippen LogP contribution is 2.30. The lowest BCUT2D eigenvalue weighted by Gasteiger charge is -2.12. The van der Waals surface area contributed by atoms with Crippen molar-refractivity contribution >= 4 is 22.6 Å². The quantitative estimate of drug-likeness (QED) is 0.470. The van der Waals surface area contributed by atoms with Crippen LogP contribution < -0.4 is 0 Å². The van der Waals surface area contributed by atoms with Gasteiger partial charge in [-0.1, -0.05) is 40.8 Å². The molecule has 4 heteroatoms. The number of halogens is 4. The largest absolute Gasteiger partial charge is 0.416 e. The molecule has 0 N–H and O–H groups in total. The lowest BCUT2D eigenvalue weighted by Crippen LogP contribution is -2.13. The number of hydrogen-bond acceptors (Lipinski definition) is 0. The Morgan fingerprint density at radius 3 is 2.45 bits per heavy atom. The number of alkyl halides is 4. The lowest BCUT2D eigenvalue weighted by atomic mass is 10.1. The van der Waals surface area contributed by atoms with Gasteiger partial charge in [0.05, 0.1) is 5.57 Å². The molecule has 0 saturated carbocycles. The van der Waals surface area contributed by atoms with Crippen LogP contribution in [0.15, 0.2) is 23.8 Å². The van der Waals surface area contributed by atoms with Crippen molar-refractivity contribution in [3.63, 3.8) is 0 Å². The fourth-order valence-corrected chi connectivity index (χ4v) is 1.27. The average molecular weight is 274 g/mol. The SMILES string of the molecule is FC(F)(F)C1=CCC(I)C=C1. The fraction of sp³-hybridized carbons (Fsp3) is 0.429. The average Bonchev–Trinajstić information content (AvgIpc) is 1.86. The fourth-order valence-electron chi connectivity index (χ4n) is 0.804. The molecule has 1 aliphatic rings. The molecule has 1 aliphatic carbocycles. The van der Waals surface area contributed by atoms with Crippen molar-refractivity contribution in [1.29, 1.82) is 0 Å². The zero-order valence-electron chi connectivity index (χ0n) is 5.53. The van der Waals surface area contributed by atoms with Crippen LogP contribution in [-0.4, -0.2) is 10.1 Å². The molecule has 0 spiro atoms. The van der Waals surface area contributed by atoms with Gasteiger partial charge in [0.25, 0.3) is 0 Å². The van der Waals surface area contributed by atoms with Gasteiger partial charge in [-0.05, 0) is 6.42 Å². The van der Waals surface area contributed by atoms with E-state index in [0.29, 0.717) is 6.42 Å². The van der Waals surface area contributed by atoms with Crippen LogP contribution >= 0.6 is 22.6 Å². The molecule has 0 bridgehead atoms. The predicted octanol–water partition coefficient (Wildman–Crippen LogP) is 3.24. The van der Waals surface area contributed by atoms with Gasteiger partial charge in [-0.15, -0.1) is 0 Å². The molecular formula is C7H6F3I. The zero-order valence-corrected chi connectivity index (χ0v) is 7.69.